The second kappa shape index (κ2) is 7.72. The van der Waals surface area contributed by atoms with Gasteiger partial charge in [-0.3, -0.25) is 19.3 Å². The van der Waals surface area contributed by atoms with Gasteiger partial charge in [-0.1, -0.05) is 30.3 Å². The fraction of sp³-hybridized carbons (Fsp3) is 0.100. The molecule has 0 fully saturated rings. The third kappa shape index (κ3) is 4.09. The van der Waals surface area contributed by atoms with Gasteiger partial charge in [-0.15, -0.1) is 11.3 Å². The molecule has 0 aliphatic heterocycles. The molecule has 0 amide bonds. The third-order valence-corrected chi connectivity index (χ3v) is 5.21. The van der Waals surface area contributed by atoms with E-state index in [4.69, 9.17) is 9.84 Å². The van der Waals surface area contributed by atoms with Crippen molar-refractivity contribution in [2.75, 3.05) is 0 Å². The molecule has 0 aliphatic carbocycles. The Balaban J connectivity index is 1.69. The van der Waals surface area contributed by atoms with Crippen molar-refractivity contribution in [2.45, 2.75) is 13.0 Å². The van der Waals surface area contributed by atoms with Gasteiger partial charge in [0.05, 0.1) is 22.6 Å². The van der Waals surface area contributed by atoms with Crippen molar-refractivity contribution < 1.29 is 19.6 Å². The Labute approximate surface area is 168 Å². The van der Waals surface area contributed by atoms with E-state index < -0.39 is 10.9 Å². The maximum absolute atomic E-state index is 11.2. The maximum atomic E-state index is 11.2. The van der Waals surface area contributed by atoms with Crippen LogP contribution in [-0.4, -0.2) is 25.4 Å². The normalized spacial score (nSPS) is 10.9. The molecule has 8 nitrogen and oxygen atoms in total. The van der Waals surface area contributed by atoms with Crippen LogP contribution in [0.15, 0.2) is 60.9 Å². The first kappa shape index (κ1) is 18.6. The molecule has 2 aromatic carbocycles. The number of thiazole rings is 1. The number of nitro benzene ring substituents is 1. The van der Waals surface area contributed by atoms with Crippen molar-refractivity contribution in [2.24, 2.45) is 0 Å². The van der Waals surface area contributed by atoms with Gasteiger partial charge in [0.15, 0.2) is 4.96 Å². The largest absolute Gasteiger partial charge is 0.488 e. The second-order valence-corrected chi connectivity index (χ2v) is 7.39. The molecule has 146 valence electrons. The van der Waals surface area contributed by atoms with E-state index in [9.17, 15) is 14.9 Å². The predicted octanol–water partition coefficient (Wildman–Crippen LogP) is 4.18. The summed E-state index contributed by atoms with van der Waals surface area (Å²) in [5.41, 5.74) is 1.94. The van der Waals surface area contributed by atoms with Crippen molar-refractivity contribution in [1.82, 2.24) is 9.38 Å². The van der Waals surface area contributed by atoms with Gasteiger partial charge in [-0.2, -0.15) is 0 Å². The number of carboxylic acids is 1. The zero-order valence-electron chi connectivity index (χ0n) is 15.0. The minimum atomic E-state index is -0.912. The topological polar surface area (TPSA) is 107 Å². The number of nitrogens with zero attached hydrogens (tertiary/aromatic N) is 3. The Hall–Kier alpha value is -3.72. The number of hydrogen-bond acceptors (Lipinski definition) is 6. The molecule has 0 atom stereocenters. The van der Waals surface area contributed by atoms with Gasteiger partial charge in [-0.05, 0) is 11.6 Å². The lowest BCUT2D eigenvalue weighted by molar-refractivity contribution is -0.384. The molecule has 2 aromatic heterocycles. The minimum absolute atomic E-state index is 0.0602. The van der Waals surface area contributed by atoms with Gasteiger partial charge < -0.3 is 9.84 Å². The lowest BCUT2D eigenvalue weighted by Crippen LogP contribution is -1.98. The number of ether oxygens (including phenoxy) is 1. The summed E-state index contributed by atoms with van der Waals surface area (Å²) in [6, 6.07) is 14.0. The highest BCUT2D eigenvalue weighted by molar-refractivity contribution is 7.17. The molecule has 0 radical (unpaired) electrons. The van der Waals surface area contributed by atoms with E-state index in [0.717, 1.165) is 5.56 Å². The van der Waals surface area contributed by atoms with E-state index in [1.807, 2.05) is 30.3 Å². The molecule has 1 N–H and O–H groups in total. The van der Waals surface area contributed by atoms with Gasteiger partial charge in [0.2, 0.25) is 0 Å². The molecular weight excluding hydrogens is 394 g/mol. The maximum Gasteiger partial charge on any atom is 0.308 e. The first-order chi connectivity index (χ1) is 14.0. The van der Waals surface area contributed by atoms with Crippen LogP contribution in [0.25, 0.3) is 16.2 Å². The van der Waals surface area contributed by atoms with Crippen molar-refractivity contribution in [3.05, 3.63) is 81.5 Å². The lowest BCUT2D eigenvalue weighted by Gasteiger charge is -2.10. The molecule has 0 spiro atoms. The summed E-state index contributed by atoms with van der Waals surface area (Å²) in [5.74, 6) is -0.430. The SMILES string of the molecule is O=C(O)Cc1cn2cc(-c3cc([N+](=O)[O-])ccc3OCc3ccccc3)nc2s1. The van der Waals surface area contributed by atoms with Gasteiger partial charge in [0, 0.05) is 29.4 Å². The Kier molecular flexibility index (Phi) is 4.96. The van der Waals surface area contributed by atoms with Crippen LogP contribution in [0.4, 0.5) is 5.69 Å². The fourth-order valence-corrected chi connectivity index (χ4v) is 3.85. The first-order valence-corrected chi connectivity index (χ1v) is 9.46. The van der Waals surface area contributed by atoms with E-state index in [1.54, 1.807) is 22.9 Å². The number of fused-ring (bicyclic) bond motifs is 1. The summed E-state index contributed by atoms with van der Waals surface area (Å²) in [5, 5.41) is 20.2. The zero-order valence-corrected chi connectivity index (χ0v) is 15.8. The van der Waals surface area contributed by atoms with Gasteiger partial charge in [0.1, 0.15) is 12.4 Å². The van der Waals surface area contributed by atoms with E-state index in [0.29, 0.717) is 33.5 Å². The number of benzene rings is 2. The van der Waals surface area contributed by atoms with Crippen LogP contribution in [-0.2, 0) is 17.8 Å². The van der Waals surface area contributed by atoms with Crippen molar-refractivity contribution in [3.63, 3.8) is 0 Å². The molecule has 29 heavy (non-hydrogen) atoms. The molecule has 0 saturated carbocycles. The van der Waals surface area contributed by atoms with Gasteiger partial charge >= 0.3 is 5.97 Å². The highest BCUT2D eigenvalue weighted by Gasteiger charge is 2.17. The van der Waals surface area contributed by atoms with E-state index in [1.165, 1.54) is 23.5 Å². The van der Waals surface area contributed by atoms with Crippen LogP contribution in [0.2, 0.25) is 0 Å². The Bertz CT molecular complexity index is 1170. The number of rotatable bonds is 7. The number of hydrogen-bond donors (Lipinski definition) is 1. The average molecular weight is 409 g/mol. The van der Waals surface area contributed by atoms with Crippen molar-refractivity contribution in [3.8, 4) is 17.0 Å². The zero-order chi connectivity index (χ0) is 20.4. The van der Waals surface area contributed by atoms with Crippen LogP contribution in [0.5, 0.6) is 5.75 Å². The predicted molar refractivity (Wildman–Crippen MR) is 107 cm³/mol. The van der Waals surface area contributed by atoms with Crippen LogP contribution >= 0.6 is 11.3 Å². The number of nitro groups is 1. The van der Waals surface area contributed by atoms with Gasteiger partial charge in [0.25, 0.3) is 5.69 Å². The summed E-state index contributed by atoms with van der Waals surface area (Å²) in [6.45, 7) is 0.316. The molecule has 0 saturated heterocycles. The van der Waals surface area contributed by atoms with E-state index in [-0.39, 0.29) is 12.1 Å². The summed E-state index contributed by atoms with van der Waals surface area (Å²) in [7, 11) is 0. The number of aromatic nitrogens is 2. The Morgan fingerprint density at radius 3 is 2.69 bits per heavy atom. The minimum Gasteiger partial charge on any atom is -0.488 e. The Morgan fingerprint density at radius 2 is 2.00 bits per heavy atom. The smallest absolute Gasteiger partial charge is 0.308 e. The van der Waals surface area contributed by atoms with Crippen LogP contribution in [0.3, 0.4) is 0 Å². The molecular formula is C20H15N3O5S. The van der Waals surface area contributed by atoms with E-state index in [2.05, 4.69) is 4.98 Å². The third-order valence-electron chi connectivity index (χ3n) is 4.22. The van der Waals surface area contributed by atoms with Crippen LogP contribution in [0.1, 0.15) is 10.4 Å². The summed E-state index contributed by atoms with van der Waals surface area (Å²) < 4.78 is 7.64. The number of non-ortho nitro benzene ring substituents is 1. The lowest BCUT2D eigenvalue weighted by atomic mass is 10.1. The summed E-state index contributed by atoms with van der Waals surface area (Å²) >= 11 is 1.26. The molecule has 0 bridgehead atoms. The highest BCUT2D eigenvalue weighted by Crippen LogP contribution is 2.34. The van der Waals surface area contributed by atoms with Crippen LogP contribution < -0.4 is 4.74 Å². The summed E-state index contributed by atoms with van der Waals surface area (Å²) in [4.78, 5) is 27.4. The molecule has 4 aromatic rings. The number of imidazole rings is 1. The fourth-order valence-electron chi connectivity index (χ4n) is 2.90. The first-order valence-electron chi connectivity index (χ1n) is 8.64. The molecule has 0 aliphatic rings. The second-order valence-electron chi connectivity index (χ2n) is 6.30. The highest BCUT2D eigenvalue weighted by atomic mass is 32.1. The molecule has 0 unspecified atom stereocenters. The number of aliphatic carboxylic acids is 1. The van der Waals surface area contributed by atoms with Crippen molar-refractivity contribution >= 4 is 28.0 Å². The van der Waals surface area contributed by atoms with Crippen molar-refractivity contribution in [1.29, 1.82) is 0 Å². The molecule has 2 heterocycles. The number of carbonyl (C=O) groups is 1. The quantitative estimate of drug-likeness (QED) is 0.362. The van der Waals surface area contributed by atoms with Gasteiger partial charge in [-0.25, -0.2) is 4.98 Å². The number of carboxylic acid groups (broad SMARTS) is 1. The van der Waals surface area contributed by atoms with E-state index >= 15 is 0 Å². The molecule has 4 rings (SSSR count). The summed E-state index contributed by atoms with van der Waals surface area (Å²) in [6.07, 6.45) is 3.34. The monoisotopic (exact) mass is 409 g/mol. The standard InChI is InChI=1S/C20H15N3O5S/c24-19(25)9-15-10-22-11-17(21-20(22)29-15)16-8-14(23(26)27)6-7-18(16)28-12-13-4-2-1-3-5-13/h1-8,10-11H,9,12H2,(H,24,25). The van der Waals surface area contributed by atoms with Crippen LogP contribution in [0, 0.1) is 10.1 Å². The molecule has 9 heteroatoms. The average Bonchev–Trinajstić information content (AvgIpc) is 3.25. The Morgan fingerprint density at radius 1 is 1.21 bits per heavy atom.